The lowest BCUT2D eigenvalue weighted by Crippen LogP contribution is -2.39. The molecule has 1 unspecified atom stereocenters. The third-order valence-electron chi connectivity index (χ3n) is 4.57. The highest BCUT2D eigenvalue weighted by Crippen LogP contribution is 2.27. The number of aliphatic imine (C=N–C) groups is 1. The molecule has 162 valence electrons. The van der Waals surface area contributed by atoms with E-state index in [4.69, 9.17) is 10.5 Å². The van der Waals surface area contributed by atoms with E-state index in [9.17, 15) is 4.79 Å². The van der Waals surface area contributed by atoms with E-state index in [1.54, 1.807) is 13.3 Å². The minimum atomic E-state index is -0.372. The number of para-hydroxylation sites is 1. The molecule has 0 saturated carbocycles. The molecule has 0 aliphatic heterocycles. The molecule has 1 atom stereocenters. The van der Waals surface area contributed by atoms with E-state index in [0.717, 1.165) is 34.6 Å². The number of nitrogens with two attached hydrogens (primary N) is 1. The fourth-order valence-corrected chi connectivity index (χ4v) is 3.68. The van der Waals surface area contributed by atoms with Crippen LogP contribution < -0.4 is 21.1 Å². The summed E-state index contributed by atoms with van der Waals surface area (Å²) >= 11 is 1.46. The predicted octanol–water partition coefficient (Wildman–Crippen LogP) is 3.27. The van der Waals surface area contributed by atoms with Gasteiger partial charge in [-0.3, -0.25) is 10.1 Å². The summed E-state index contributed by atoms with van der Waals surface area (Å²) in [7, 11) is 1.67. The summed E-state index contributed by atoms with van der Waals surface area (Å²) in [5.41, 5.74) is 10.1. The van der Waals surface area contributed by atoms with Crippen LogP contribution in [-0.2, 0) is 17.8 Å². The van der Waals surface area contributed by atoms with Crippen LogP contribution in [0.5, 0.6) is 5.75 Å². The van der Waals surface area contributed by atoms with E-state index >= 15 is 0 Å². The van der Waals surface area contributed by atoms with E-state index < -0.39 is 0 Å². The number of nitrogens with one attached hydrogen (secondary N) is 2. The minimum Gasteiger partial charge on any atom is -0.496 e. The first-order valence-electron chi connectivity index (χ1n) is 9.99. The number of nitrogens with zero attached hydrogens (tertiary/aromatic N) is 2. The molecule has 1 aromatic heterocycles. The van der Waals surface area contributed by atoms with E-state index in [0.29, 0.717) is 18.2 Å². The van der Waals surface area contributed by atoms with Crippen molar-refractivity contribution in [2.75, 3.05) is 13.7 Å². The first kappa shape index (κ1) is 22.6. The Labute approximate surface area is 186 Å². The van der Waals surface area contributed by atoms with E-state index in [-0.39, 0.29) is 12.1 Å². The molecule has 0 saturated heterocycles. The molecule has 1 amide bonds. The molecule has 3 rings (SSSR count). The number of aromatic nitrogens is 1. The van der Waals surface area contributed by atoms with Crippen molar-refractivity contribution in [2.24, 2.45) is 10.7 Å². The van der Waals surface area contributed by atoms with Crippen LogP contribution in [0.2, 0.25) is 0 Å². The Hall–Kier alpha value is -3.07. The predicted molar refractivity (Wildman–Crippen MR) is 126 cm³/mol. The molecule has 2 aromatic carbocycles. The average Bonchev–Trinajstić information content (AvgIpc) is 3.26. The van der Waals surface area contributed by atoms with Gasteiger partial charge in [0.15, 0.2) is 0 Å². The van der Waals surface area contributed by atoms with Crippen LogP contribution in [0.1, 0.15) is 18.1 Å². The molecular weight excluding hydrogens is 410 g/mol. The number of ether oxygens (including phenoxy) is 1. The number of amides is 1. The normalized spacial score (nSPS) is 12.1. The number of carbonyl (C=O) groups is 1. The van der Waals surface area contributed by atoms with Gasteiger partial charge in [0.2, 0.25) is 11.0 Å². The van der Waals surface area contributed by atoms with Gasteiger partial charge in [0.25, 0.3) is 0 Å². The van der Waals surface area contributed by atoms with Crippen molar-refractivity contribution >= 4 is 28.6 Å². The van der Waals surface area contributed by atoms with E-state index in [1.807, 2.05) is 53.9 Å². The second-order valence-electron chi connectivity index (χ2n) is 6.95. The zero-order valence-electron chi connectivity index (χ0n) is 17.7. The van der Waals surface area contributed by atoms with Crippen molar-refractivity contribution in [3.05, 3.63) is 65.0 Å². The first-order chi connectivity index (χ1) is 15.0. The second-order valence-corrected chi connectivity index (χ2v) is 7.78. The second kappa shape index (κ2) is 11.4. The Kier molecular flexibility index (Phi) is 8.28. The maximum absolute atomic E-state index is 11.1. The van der Waals surface area contributed by atoms with Gasteiger partial charge in [0.1, 0.15) is 5.75 Å². The lowest BCUT2D eigenvalue weighted by molar-refractivity contribution is -0.119. The number of hydrogen-bond donors (Lipinski definition) is 3. The molecule has 7 nitrogen and oxygen atoms in total. The number of hydrogen-bond acceptors (Lipinski definition) is 7. The molecule has 0 bridgehead atoms. The fourth-order valence-electron chi connectivity index (χ4n) is 3.00. The minimum absolute atomic E-state index is 0.0523. The van der Waals surface area contributed by atoms with Crippen molar-refractivity contribution in [1.82, 2.24) is 15.6 Å². The third kappa shape index (κ3) is 6.99. The molecule has 0 spiro atoms. The number of carbonyl (C=O) groups excluding carboxylic acids is 1. The fraction of sp³-hybridized carbons (Fsp3) is 0.261. The molecule has 0 aliphatic rings. The van der Waals surface area contributed by atoms with Crippen LogP contribution >= 0.6 is 11.3 Å². The Morgan fingerprint density at radius 1 is 1.29 bits per heavy atom. The summed E-state index contributed by atoms with van der Waals surface area (Å²) in [5.74, 6) is 0.825. The molecule has 31 heavy (non-hydrogen) atoms. The van der Waals surface area contributed by atoms with Crippen molar-refractivity contribution in [3.63, 3.8) is 0 Å². The van der Waals surface area contributed by atoms with Crippen molar-refractivity contribution in [2.45, 2.75) is 26.1 Å². The van der Waals surface area contributed by atoms with Crippen LogP contribution in [0, 0.1) is 0 Å². The Balaban J connectivity index is 1.53. The zero-order chi connectivity index (χ0) is 22.1. The SMILES string of the molecule is COc1ccccc1CCNC(N)C=Nc1nc(-c2cccc(CNC(C)=O)c2)cs1. The van der Waals surface area contributed by atoms with Crippen LogP contribution in [0.25, 0.3) is 11.3 Å². The van der Waals surface area contributed by atoms with Crippen LogP contribution in [0.3, 0.4) is 0 Å². The lowest BCUT2D eigenvalue weighted by Gasteiger charge is -2.11. The summed E-state index contributed by atoms with van der Waals surface area (Å²) in [4.78, 5) is 20.1. The van der Waals surface area contributed by atoms with Gasteiger partial charge in [0, 0.05) is 37.2 Å². The highest BCUT2D eigenvalue weighted by molar-refractivity contribution is 7.13. The third-order valence-corrected chi connectivity index (χ3v) is 5.32. The van der Waals surface area contributed by atoms with E-state index in [2.05, 4.69) is 20.6 Å². The number of benzene rings is 2. The molecular formula is C23H27N5O2S. The first-order valence-corrected chi connectivity index (χ1v) is 10.9. The maximum atomic E-state index is 11.1. The van der Waals surface area contributed by atoms with Gasteiger partial charge in [-0.25, -0.2) is 9.98 Å². The topological polar surface area (TPSA) is 102 Å². The Bertz CT molecular complexity index is 1030. The van der Waals surface area contributed by atoms with Gasteiger partial charge in [-0.1, -0.05) is 36.4 Å². The standard InChI is InChI=1S/C23H27N5O2S/c1-16(29)26-13-17-6-5-8-19(12-17)20-15-31-23(28-20)27-14-22(24)25-11-10-18-7-3-4-9-21(18)30-2/h3-9,12,14-15,22,25H,10-11,13,24H2,1-2H3,(H,26,29). The molecule has 0 aliphatic carbocycles. The van der Waals surface area contributed by atoms with Crippen molar-refractivity contribution in [3.8, 4) is 17.0 Å². The summed E-state index contributed by atoms with van der Waals surface area (Å²) in [6.07, 6.45) is 2.10. The number of rotatable bonds is 10. The molecule has 8 heteroatoms. The number of thiazole rings is 1. The molecule has 0 radical (unpaired) electrons. The molecule has 4 N–H and O–H groups in total. The summed E-state index contributed by atoms with van der Waals surface area (Å²) in [6, 6.07) is 15.9. The van der Waals surface area contributed by atoms with Crippen molar-refractivity contribution < 1.29 is 9.53 Å². The summed E-state index contributed by atoms with van der Waals surface area (Å²) in [5, 5.41) is 8.65. The molecule has 1 heterocycles. The monoisotopic (exact) mass is 437 g/mol. The lowest BCUT2D eigenvalue weighted by atomic mass is 10.1. The van der Waals surface area contributed by atoms with Gasteiger partial charge >= 0.3 is 0 Å². The van der Waals surface area contributed by atoms with Crippen LogP contribution in [0.4, 0.5) is 5.13 Å². The highest BCUT2D eigenvalue weighted by Gasteiger charge is 2.06. The maximum Gasteiger partial charge on any atom is 0.217 e. The molecule has 3 aromatic rings. The van der Waals surface area contributed by atoms with Gasteiger partial charge in [-0.15, -0.1) is 11.3 Å². The quantitative estimate of drug-likeness (QED) is 0.334. The van der Waals surface area contributed by atoms with Crippen LogP contribution in [0.15, 0.2) is 58.9 Å². The van der Waals surface area contributed by atoms with Gasteiger partial charge < -0.3 is 15.8 Å². The highest BCUT2D eigenvalue weighted by atomic mass is 32.1. The smallest absolute Gasteiger partial charge is 0.217 e. The van der Waals surface area contributed by atoms with Gasteiger partial charge in [0.05, 0.1) is 19.0 Å². The average molecular weight is 438 g/mol. The van der Waals surface area contributed by atoms with Crippen LogP contribution in [-0.4, -0.2) is 36.9 Å². The Morgan fingerprint density at radius 3 is 2.94 bits per heavy atom. The largest absolute Gasteiger partial charge is 0.496 e. The van der Waals surface area contributed by atoms with Gasteiger partial charge in [-0.2, -0.15) is 0 Å². The zero-order valence-corrected chi connectivity index (χ0v) is 18.5. The van der Waals surface area contributed by atoms with Gasteiger partial charge in [-0.05, 0) is 29.7 Å². The summed E-state index contributed by atoms with van der Waals surface area (Å²) in [6.45, 7) is 2.71. The van der Waals surface area contributed by atoms with Crippen molar-refractivity contribution in [1.29, 1.82) is 0 Å². The summed E-state index contributed by atoms with van der Waals surface area (Å²) < 4.78 is 5.37. The number of methoxy groups -OCH3 is 1. The van der Waals surface area contributed by atoms with E-state index in [1.165, 1.54) is 18.3 Å². The molecule has 0 fully saturated rings. The Morgan fingerprint density at radius 2 is 2.13 bits per heavy atom.